The normalized spacial score (nSPS) is 40.1. The summed E-state index contributed by atoms with van der Waals surface area (Å²) in [7, 11) is 0. The summed E-state index contributed by atoms with van der Waals surface area (Å²) in [6, 6.07) is 0.521. The number of hydrogen-bond acceptors (Lipinski definition) is 4. The molecule has 6 nitrogen and oxygen atoms in total. The number of likely N-dealkylation sites (tertiary alicyclic amines) is 1. The van der Waals surface area contributed by atoms with Crippen molar-refractivity contribution in [3.8, 4) is 0 Å². The van der Waals surface area contributed by atoms with Crippen LogP contribution >= 0.6 is 0 Å². The molecule has 2 aliphatic heterocycles. The summed E-state index contributed by atoms with van der Waals surface area (Å²) in [5, 5.41) is 6.56. The van der Waals surface area contributed by atoms with Crippen LogP contribution in [-0.2, 0) is 9.59 Å². The number of rotatable bonds is 5. The summed E-state index contributed by atoms with van der Waals surface area (Å²) >= 11 is 0. The van der Waals surface area contributed by atoms with Crippen LogP contribution in [0, 0.1) is 23.2 Å². The van der Waals surface area contributed by atoms with Crippen molar-refractivity contribution in [1.29, 1.82) is 0 Å². The van der Waals surface area contributed by atoms with E-state index in [1.54, 1.807) is 0 Å². The van der Waals surface area contributed by atoms with Crippen molar-refractivity contribution < 1.29 is 9.59 Å². The molecule has 1 atom stereocenters. The van der Waals surface area contributed by atoms with E-state index in [-0.39, 0.29) is 17.2 Å². The Bertz CT molecular complexity index is 580. The van der Waals surface area contributed by atoms with Gasteiger partial charge in [-0.2, -0.15) is 0 Å². The van der Waals surface area contributed by atoms with E-state index >= 15 is 0 Å². The van der Waals surface area contributed by atoms with Gasteiger partial charge in [-0.3, -0.25) is 14.5 Å². The first kappa shape index (κ1) is 18.9. The van der Waals surface area contributed by atoms with Gasteiger partial charge >= 0.3 is 0 Å². The molecule has 2 amide bonds. The number of carbonyl (C=O) groups is 2. The molecule has 0 aromatic heterocycles. The highest BCUT2D eigenvalue weighted by Gasteiger charge is 2.54. The standard InChI is InChI=1S/C22H36N4O2/c27-20(26-6-2-19(15-26)25-7-4-23-5-8-25)1-3-24-21(28)22-12-16-9-17(13-22)11-18(10-16)14-22/h16-19,23H,1-15H2,(H,24,28). The predicted octanol–water partition coefficient (Wildman–Crippen LogP) is 1.22. The molecule has 2 saturated heterocycles. The summed E-state index contributed by atoms with van der Waals surface area (Å²) in [5.41, 5.74) is -0.0984. The van der Waals surface area contributed by atoms with Crippen molar-refractivity contribution in [2.75, 3.05) is 45.8 Å². The van der Waals surface area contributed by atoms with Crippen molar-refractivity contribution in [3.63, 3.8) is 0 Å². The predicted molar refractivity (Wildman–Crippen MR) is 108 cm³/mol. The maximum absolute atomic E-state index is 13.0. The molecule has 0 aromatic rings. The maximum atomic E-state index is 13.0. The molecule has 28 heavy (non-hydrogen) atoms. The molecule has 0 spiro atoms. The third kappa shape index (κ3) is 3.58. The van der Waals surface area contributed by atoms with Gasteiger partial charge in [0.2, 0.25) is 11.8 Å². The molecule has 1 unspecified atom stereocenters. The Kier molecular flexibility index (Phi) is 5.12. The van der Waals surface area contributed by atoms with Crippen LogP contribution in [0.4, 0.5) is 0 Å². The van der Waals surface area contributed by atoms with E-state index < -0.39 is 0 Å². The van der Waals surface area contributed by atoms with Gasteiger partial charge < -0.3 is 15.5 Å². The van der Waals surface area contributed by atoms with Gasteiger partial charge in [-0.25, -0.2) is 0 Å². The van der Waals surface area contributed by atoms with E-state index in [0.29, 0.717) is 19.0 Å². The van der Waals surface area contributed by atoms with Gasteiger partial charge in [0.15, 0.2) is 0 Å². The van der Waals surface area contributed by atoms with Crippen molar-refractivity contribution in [1.82, 2.24) is 20.4 Å². The Morgan fingerprint density at radius 3 is 2.25 bits per heavy atom. The van der Waals surface area contributed by atoms with E-state index in [1.165, 1.54) is 19.3 Å². The second-order valence-electron chi connectivity index (χ2n) is 10.3. The molecule has 156 valence electrons. The van der Waals surface area contributed by atoms with E-state index in [2.05, 4.69) is 15.5 Å². The lowest BCUT2D eigenvalue weighted by Gasteiger charge is -2.55. The molecule has 6 aliphatic rings. The quantitative estimate of drug-likeness (QED) is 0.743. The Morgan fingerprint density at radius 2 is 1.61 bits per heavy atom. The minimum atomic E-state index is -0.0984. The summed E-state index contributed by atoms with van der Waals surface area (Å²) in [6.07, 6.45) is 8.89. The smallest absolute Gasteiger partial charge is 0.226 e. The molecule has 2 N–H and O–H groups in total. The van der Waals surface area contributed by atoms with E-state index in [9.17, 15) is 9.59 Å². The van der Waals surface area contributed by atoms with E-state index in [4.69, 9.17) is 0 Å². The lowest BCUT2D eigenvalue weighted by Crippen LogP contribution is -2.53. The molecule has 4 bridgehead atoms. The number of nitrogens with zero attached hydrogens (tertiary/aromatic N) is 2. The highest BCUT2D eigenvalue weighted by molar-refractivity contribution is 5.84. The van der Waals surface area contributed by atoms with Crippen molar-refractivity contribution >= 4 is 11.8 Å². The molecule has 4 saturated carbocycles. The summed E-state index contributed by atoms with van der Waals surface area (Å²) in [5.74, 6) is 2.81. The second kappa shape index (κ2) is 7.60. The zero-order valence-corrected chi connectivity index (χ0v) is 17.1. The molecule has 6 rings (SSSR count). The lowest BCUT2D eigenvalue weighted by atomic mass is 9.49. The van der Waals surface area contributed by atoms with Crippen LogP contribution in [-0.4, -0.2) is 73.5 Å². The SMILES string of the molecule is O=C(CCNC(=O)C12CC3CC(CC(C3)C1)C2)N1CCC(N2CCNCC2)C1. The summed E-state index contributed by atoms with van der Waals surface area (Å²) in [4.78, 5) is 30.2. The van der Waals surface area contributed by atoms with Crippen LogP contribution in [0.15, 0.2) is 0 Å². The van der Waals surface area contributed by atoms with Gasteiger partial charge in [0, 0.05) is 63.7 Å². The Hall–Kier alpha value is -1.14. The second-order valence-corrected chi connectivity index (χ2v) is 10.3. The zero-order chi connectivity index (χ0) is 19.1. The fraction of sp³-hybridized carbons (Fsp3) is 0.909. The third-order valence-electron chi connectivity index (χ3n) is 8.33. The molecular weight excluding hydrogens is 352 g/mol. The topological polar surface area (TPSA) is 64.7 Å². The number of amides is 2. The molecule has 2 heterocycles. The number of hydrogen-bond donors (Lipinski definition) is 2. The fourth-order valence-corrected chi connectivity index (χ4v) is 7.33. The number of carbonyl (C=O) groups excluding carboxylic acids is 2. The summed E-state index contributed by atoms with van der Waals surface area (Å²) < 4.78 is 0. The minimum absolute atomic E-state index is 0.0984. The van der Waals surface area contributed by atoms with Crippen LogP contribution < -0.4 is 10.6 Å². The molecular formula is C22H36N4O2. The van der Waals surface area contributed by atoms with Gasteiger partial charge in [-0.1, -0.05) is 0 Å². The van der Waals surface area contributed by atoms with Gasteiger partial charge in [-0.15, -0.1) is 0 Å². The van der Waals surface area contributed by atoms with Gasteiger partial charge in [-0.05, 0) is 62.7 Å². The maximum Gasteiger partial charge on any atom is 0.226 e. The average Bonchev–Trinajstić information content (AvgIpc) is 3.18. The highest BCUT2D eigenvalue weighted by Crippen LogP contribution is 2.60. The van der Waals surface area contributed by atoms with Crippen LogP contribution in [0.2, 0.25) is 0 Å². The summed E-state index contributed by atoms with van der Waals surface area (Å²) in [6.45, 7) is 6.54. The van der Waals surface area contributed by atoms with Gasteiger partial charge in [0.1, 0.15) is 0 Å². The first-order valence-corrected chi connectivity index (χ1v) is 11.6. The van der Waals surface area contributed by atoms with Gasteiger partial charge in [0.25, 0.3) is 0 Å². The molecule has 4 aliphatic carbocycles. The fourth-order valence-electron chi connectivity index (χ4n) is 7.33. The molecule has 0 aromatic carbocycles. The Balaban J connectivity index is 1.08. The van der Waals surface area contributed by atoms with Crippen LogP contribution in [0.3, 0.4) is 0 Å². The lowest BCUT2D eigenvalue weighted by molar-refractivity contribution is -0.146. The number of piperazine rings is 1. The molecule has 6 fully saturated rings. The monoisotopic (exact) mass is 388 g/mol. The molecule has 0 radical (unpaired) electrons. The van der Waals surface area contributed by atoms with E-state index in [1.807, 2.05) is 4.90 Å². The highest BCUT2D eigenvalue weighted by atomic mass is 16.2. The first-order chi connectivity index (χ1) is 13.6. The van der Waals surface area contributed by atoms with Crippen molar-refractivity contribution in [3.05, 3.63) is 0 Å². The zero-order valence-electron chi connectivity index (χ0n) is 17.1. The Labute approximate surface area is 168 Å². The van der Waals surface area contributed by atoms with Crippen molar-refractivity contribution in [2.45, 2.75) is 57.4 Å². The van der Waals surface area contributed by atoms with Crippen LogP contribution in [0.1, 0.15) is 51.4 Å². The minimum Gasteiger partial charge on any atom is -0.355 e. The molecule has 6 heteroatoms. The average molecular weight is 389 g/mol. The first-order valence-electron chi connectivity index (χ1n) is 11.6. The van der Waals surface area contributed by atoms with Crippen molar-refractivity contribution in [2.24, 2.45) is 23.2 Å². The van der Waals surface area contributed by atoms with E-state index in [0.717, 1.165) is 82.7 Å². The number of nitrogens with one attached hydrogen (secondary N) is 2. The third-order valence-corrected chi connectivity index (χ3v) is 8.33. The largest absolute Gasteiger partial charge is 0.355 e. The Morgan fingerprint density at radius 1 is 0.964 bits per heavy atom. The van der Waals surface area contributed by atoms with Gasteiger partial charge in [0.05, 0.1) is 0 Å². The van der Waals surface area contributed by atoms with Crippen LogP contribution in [0.25, 0.3) is 0 Å². The van der Waals surface area contributed by atoms with Crippen LogP contribution in [0.5, 0.6) is 0 Å².